The van der Waals surface area contributed by atoms with Crippen LogP contribution in [0.2, 0.25) is 10.0 Å². The van der Waals surface area contributed by atoms with Crippen LogP contribution >= 0.6 is 23.2 Å². The Kier molecular flexibility index (Phi) is 6.54. The number of likely N-dealkylation sites (N-methyl/N-ethyl adjacent to an activating group) is 1. The zero-order chi connectivity index (χ0) is 20.1. The van der Waals surface area contributed by atoms with Gasteiger partial charge in [-0.25, -0.2) is 0 Å². The van der Waals surface area contributed by atoms with Crippen LogP contribution in [0.25, 0.3) is 11.4 Å². The average Bonchev–Trinajstić information content (AvgIpc) is 3.16. The molecular weight excluding hydrogens is 401 g/mol. The normalized spacial score (nSPS) is 11.9. The Hall–Kier alpha value is -2.57. The van der Waals surface area contributed by atoms with Gasteiger partial charge >= 0.3 is 0 Å². The van der Waals surface area contributed by atoms with Gasteiger partial charge in [0, 0.05) is 22.7 Å². The van der Waals surface area contributed by atoms with Crippen molar-refractivity contribution in [2.75, 3.05) is 7.05 Å². The molecule has 146 valence electrons. The van der Waals surface area contributed by atoms with E-state index in [4.69, 9.17) is 32.5 Å². The third kappa shape index (κ3) is 5.03. The van der Waals surface area contributed by atoms with Crippen molar-refractivity contribution in [1.82, 2.24) is 15.0 Å². The van der Waals surface area contributed by atoms with Crippen molar-refractivity contribution in [1.29, 1.82) is 0 Å². The highest BCUT2D eigenvalue weighted by molar-refractivity contribution is 6.30. The second-order valence-corrected chi connectivity index (χ2v) is 7.05. The summed E-state index contributed by atoms with van der Waals surface area (Å²) in [4.78, 5) is 18.6. The zero-order valence-electron chi connectivity index (χ0n) is 15.4. The van der Waals surface area contributed by atoms with Crippen molar-refractivity contribution >= 4 is 29.1 Å². The van der Waals surface area contributed by atoms with Crippen molar-refractivity contribution in [2.24, 2.45) is 0 Å². The Morgan fingerprint density at radius 2 is 1.71 bits per heavy atom. The third-order valence-corrected chi connectivity index (χ3v) is 4.56. The van der Waals surface area contributed by atoms with E-state index in [1.165, 1.54) is 4.90 Å². The molecule has 0 spiro atoms. The molecule has 1 amide bonds. The van der Waals surface area contributed by atoms with Gasteiger partial charge in [0.25, 0.3) is 5.91 Å². The van der Waals surface area contributed by atoms with Gasteiger partial charge in [0.2, 0.25) is 11.7 Å². The maximum absolute atomic E-state index is 12.7. The van der Waals surface area contributed by atoms with Crippen LogP contribution in [-0.4, -0.2) is 34.1 Å². The first-order valence-electron chi connectivity index (χ1n) is 8.72. The Morgan fingerprint density at radius 3 is 2.32 bits per heavy atom. The van der Waals surface area contributed by atoms with Crippen LogP contribution in [0.5, 0.6) is 5.75 Å². The molecule has 1 aromatic heterocycles. The SMILES string of the molecule is CC[C@H](Oc1ccc(Cl)cc1)C(=O)N(C)Cc1nc(-c2ccc(Cl)cc2)no1. The standard InChI is InChI=1S/C20H19Cl2N3O3/c1-3-17(27-16-10-8-15(22)9-11-16)20(26)25(2)12-18-23-19(24-28-18)13-4-6-14(21)7-5-13/h4-11,17H,3,12H2,1-2H3/t17-/m0/s1. The number of carbonyl (C=O) groups is 1. The largest absolute Gasteiger partial charge is 0.481 e. The molecule has 0 saturated heterocycles. The van der Waals surface area contributed by atoms with Crippen LogP contribution in [0, 0.1) is 0 Å². The van der Waals surface area contributed by atoms with E-state index in [9.17, 15) is 4.79 Å². The molecule has 8 heteroatoms. The second-order valence-electron chi connectivity index (χ2n) is 6.18. The van der Waals surface area contributed by atoms with Gasteiger partial charge in [-0.15, -0.1) is 0 Å². The molecule has 0 radical (unpaired) electrons. The summed E-state index contributed by atoms with van der Waals surface area (Å²) >= 11 is 11.8. The number of amides is 1. The first kappa shape index (κ1) is 20.2. The molecule has 0 unspecified atom stereocenters. The topological polar surface area (TPSA) is 68.5 Å². The third-order valence-electron chi connectivity index (χ3n) is 4.06. The molecule has 3 rings (SSSR count). The molecule has 3 aromatic rings. The zero-order valence-corrected chi connectivity index (χ0v) is 16.9. The van der Waals surface area contributed by atoms with Gasteiger partial charge < -0.3 is 14.2 Å². The highest BCUT2D eigenvalue weighted by atomic mass is 35.5. The molecule has 0 N–H and O–H groups in total. The maximum Gasteiger partial charge on any atom is 0.263 e. The maximum atomic E-state index is 12.7. The minimum atomic E-state index is -0.621. The molecular formula is C20H19Cl2N3O3. The number of carbonyl (C=O) groups excluding carboxylic acids is 1. The van der Waals surface area contributed by atoms with Crippen molar-refractivity contribution in [3.8, 4) is 17.1 Å². The fourth-order valence-electron chi connectivity index (χ4n) is 2.55. The average molecular weight is 420 g/mol. The molecule has 1 heterocycles. The highest BCUT2D eigenvalue weighted by Gasteiger charge is 2.24. The fraction of sp³-hybridized carbons (Fsp3) is 0.250. The van der Waals surface area contributed by atoms with Crippen LogP contribution in [0.1, 0.15) is 19.2 Å². The minimum Gasteiger partial charge on any atom is -0.481 e. The Morgan fingerprint density at radius 1 is 1.11 bits per heavy atom. The summed E-state index contributed by atoms with van der Waals surface area (Å²) in [5.74, 6) is 1.18. The predicted octanol–water partition coefficient (Wildman–Crippen LogP) is 4.86. The fourth-order valence-corrected chi connectivity index (χ4v) is 2.80. The molecule has 0 fully saturated rings. The summed E-state index contributed by atoms with van der Waals surface area (Å²) < 4.78 is 11.1. The number of hydrogen-bond acceptors (Lipinski definition) is 5. The van der Waals surface area contributed by atoms with Gasteiger partial charge in [-0.2, -0.15) is 4.98 Å². The Balaban J connectivity index is 1.64. The lowest BCUT2D eigenvalue weighted by molar-refractivity contribution is -0.138. The van der Waals surface area contributed by atoms with Crippen LogP contribution in [-0.2, 0) is 11.3 Å². The van der Waals surface area contributed by atoms with Crippen LogP contribution in [0.4, 0.5) is 0 Å². The number of benzene rings is 2. The van der Waals surface area contributed by atoms with Gasteiger partial charge in [-0.1, -0.05) is 35.3 Å². The lowest BCUT2D eigenvalue weighted by Crippen LogP contribution is -2.39. The van der Waals surface area contributed by atoms with Crippen molar-refractivity contribution in [3.05, 3.63) is 64.5 Å². The van der Waals surface area contributed by atoms with E-state index in [0.29, 0.717) is 33.9 Å². The van der Waals surface area contributed by atoms with Gasteiger partial charge in [-0.05, 0) is 55.0 Å². The molecule has 6 nitrogen and oxygen atoms in total. The molecule has 0 aliphatic heterocycles. The minimum absolute atomic E-state index is 0.177. The van der Waals surface area contributed by atoms with Crippen LogP contribution in [0.3, 0.4) is 0 Å². The van der Waals surface area contributed by atoms with Crippen molar-refractivity contribution in [3.63, 3.8) is 0 Å². The molecule has 2 aromatic carbocycles. The number of aromatic nitrogens is 2. The number of hydrogen-bond donors (Lipinski definition) is 0. The molecule has 28 heavy (non-hydrogen) atoms. The first-order valence-corrected chi connectivity index (χ1v) is 9.47. The monoisotopic (exact) mass is 419 g/mol. The Labute approximate surface area is 173 Å². The molecule has 0 saturated carbocycles. The van der Waals surface area contributed by atoms with Crippen LogP contribution < -0.4 is 4.74 Å². The summed E-state index contributed by atoms with van der Waals surface area (Å²) in [6, 6.07) is 14.0. The van der Waals surface area contributed by atoms with E-state index < -0.39 is 6.10 Å². The number of ether oxygens (including phenoxy) is 1. The lowest BCUT2D eigenvalue weighted by atomic mass is 10.2. The van der Waals surface area contributed by atoms with Gasteiger partial charge in [0.1, 0.15) is 5.75 Å². The van der Waals surface area contributed by atoms with E-state index in [0.717, 1.165) is 5.56 Å². The summed E-state index contributed by atoms with van der Waals surface area (Å²) in [5, 5.41) is 5.20. The highest BCUT2D eigenvalue weighted by Crippen LogP contribution is 2.20. The quantitative estimate of drug-likeness (QED) is 0.546. The van der Waals surface area contributed by atoms with E-state index in [1.54, 1.807) is 55.6 Å². The molecule has 0 aliphatic carbocycles. The summed E-state index contributed by atoms with van der Waals surface area (Å²) in [6.07, 6.45) is -0.101. The van der Waals surface area contributed by atoms with E-state index >= 15 is 0 Å². The summed E-state index contributed by atoms with van der Waals surface area (Å²) in [7, 11) is 1.67. The van der Waals surface area contributed by atoms with Crippen molar-refractivity contribution < 1.29 is 14.1 Å². The molecule has 0 bridgehead atoms. The summed E-state index contributed by atoms with van der Waals surface area (Å²) in [6.45, 7) is 2.07. The van der Waals surface area contributed by atoms with Crippen molar-refractivity contribution in [2.45, 2.75) is 26.0 Å². The van der Waals surface area contributed by atoms with Crippen LogP contribution in [0.15, 0.2) is 53.1 Å². The van der Waals surface area contributed by atoms with Gasteiger partial charge in [0.15, 0.2) is 6.10 Å². The molecule has 0 aliphatic rings. The van der Waals surface area contributed by atoms with E-state index in [2.05, 4.69) is 10.1 Å². The lowest BCUT2D eigenvalue weighted by Gasteiger charge is -2.22. The smallest absolute Gasteiger partial charge is 0.263 e. The predicted molar refractivity (Wildman–Crippen MR) is 107 cm³/mol. The number of halogens is 2. The number of nitrogens with zero attached hydrogens (tertiary/aromatic N) is 3. The Bertz CT molecular complexity index is 927. The van der Waals surface area contributed by atoms with Gasteiger partial charge in [-0.3, -0.25) is 4.79 Å². The number of rotatable bonds is 7. The second kappa shape index (κ2) is 9.08. The molecule has 1 atom stereocenters. The van der Waals surface area contributed by atoms with E-state index in [1.807, 2.05) is 6.92 Å². The first-order chi connectivity index (χ1) is 13.5. The summed E-state index contributed by atoms with van der Waals surface area (Å²) in [5.41, 5.74) is 0.783. The van der Waals surface area contributed by atoms with E-state index in [-0.39, 0.29) is 12.5 Å². The van der Waals surface area contributed by atoms with Gasteiger partial charge in [0.05, 0.1) is 6.54 Å².